The Kier molecular flexibility index (Phi) is 5.58. The van der Waals surface area contributed by atoms with Gasteiger partial charge in [-0.3, -0.25) is 0 Å². The molecule has 0 saturated carbocycles. The fraction of sp³-hybridized carbons (Fsp3) is 1.00. The molecule has 0 heterocycles. The monoisotopic (exact) mass is 148 g/mol. The number of hydrogen-bond acceptors (Lipinski definition) is 3. The Morgan fingerprint density at radius 2 is 2.00 bits per heavy atom. The Hall–Kier alpha value is -0.120. The average molecular weight is 148 g/mol. The number of aliphatic hydroxyl groups is 1. The van der Waals surface area contributed by atoms with Crippen LogP contribution in [0, 0.1) is 5.92 Å². The van der Waals surface area contributed by atoms with Crippen LogP contribution >= 0.6 is 0 Å². The van der Waals surface area contributed by atoms with Crippen molar-refractivity contribution in [3.8, 4) is 0 Å². The molecule has 0 radical (unpaired) electrons. The van der Waals surface area contributed by atoms with Crippen molar-refractivity contribution in [1.29, 1.82) is 0 Å². The number of methoxy groups -OCH3 is 1. The van der Waals surface area contributed by atoms with Crippen LogP contribution in [0.3, 0.4) is 0 Å². The van der Waals surface area contributed by atoms with Gasteiger partial charge in [-0.25, -0.2) is 0 Å². The van der Waals surface area contributed by atoms with Crippen molar-refractivity contribution in [2.24, 2.45) is 5.92 Å². The standard InChI is InChI=1S/C7H16O3/c1-6(4-8)7(2)10-5-9-3/h6-8H,4-5H2,1-3H3/t6-,7+/m1/s1. The third kappa shape index (κ3) is 3.82. The predicted molar refractivity (Wildman–Crippen MR) is 38.7 cm³/mol. The first kappa shape index (κ1) is 9.88. The minimum absolute atomic E-state index is 0.0601. The molecule has 10 heavy (non-hydrogen) atoms. The Labute approximate surface area is 62.0 Å². The minimum atomic E-state index is 0.0601. The van der Waals surface area contributed by atoms with Crippen LogP contribution in [0.25, 0.3) is 0 Å². The van der Waals surface area contributed by atoms with Gasteiger partial charge in [0.15, 0.2) is 0 Å². The van der Waals surface area contributed by atoms with Gasteiger partial charge in [0.05, 0.1) is 6.10 Å². The maximum Gasteiger partial charge on any atom is 0.146 e. The van der Waals surface area contributed by atoms with Gasteiger partial charge in [-0.2, -0.15) is 0 Å². The second-order valence-corrected chi connectivity index (χ2v) is 2.44. The van der Waals surface area contributed by atoms with Crippen LogP contribution < -0.4 is 0 Å². The fourth-order valence-corrected chi connectivity index (χ4v) is 0.488. The largest absolute Gasteiger partial charge is 0.396 e. The van der Waals surface area contributed by atoms with Crippen LogP contribution in [-0.2, 0) is 9.47 Å². The molecule has 0 aromatic heterocycles. The van der Waals surface area contributed by atoms with Gasteiger partial charge in [-0.1, -0.05) is 6.92 Å². The predicted octanol–water partition coefficient (Wildman–Crippen LogP) is 0.624. The Morgan fingerprint density at radius 3 is 2.40 bits per heavy atom. The van der Waals surface area contributed by atoms with Crippen molar-refractivity contribution in [2.75, 3.05) is 20.5 Å². The van der Waals surface area contributed by atoms with E-state index in [-0.39, 0.29) is 18.6 Å². The highest BCUT2D eigenvalue weighted by Gasteiger charge is 2.10. The summed E-state index contributed by atoms with van der Waals surface area (Å²) in [5.74, 6) is 0.176. The van der Waals surface area contributed by atoms with Gasteiger partial charge in [0.1, 0.15) is 6.79 Å². The summed E-state index contributed by atoms with van der Waals surface area (Å²) < 4.78 is 9.86. The number of rotatable bonds is 5. The number of ether oxygens (including phenoxy) is 2. The lowest BCUT2D eigenvalue weighted by atomic mass is 10.1. The van der Waals surface area contributed by atoms with E-state index in [0.717, 1.165) is 0 Å². The van der Waals surface area contributed by atoms with Crippen molar-refractivity contribution < 1.29 is 14.6 Å². The van der Waals surface area contributed by atoms with E-state index in [9.17, 15) is 0 Å². The number of hydrogen-bond donors (Lipinski definition) is 1. The van der Waals surface area contributed by atoms with Crippen LogP contribution in [0.4, 0.5) is 0 Å². The first-order valence-corrected chi connectivity index (χ1v) is 3.43. The van der Waals surface area contributed by atoms with E-state index in [2.05, 4.69) is 0 Å². The van der Waals surface area contributed by atoms with Crippen molar-refractivity contribution in [2.45, 2.75) is 20.0 Å². The molecule has 3 heteroatoms. The van der Waals surface area contributed by atoms with E-state index in [4.69, 9.17) is 14.6 Å². The third-order valence-electron chi connectivity index (χ3n) is 1.54. The van der Waals surface area contributed by atoms with E-state index < -0.39 is 0 Å². The van der Waals surface area contributed by atoms with Crippen LogP contribution in [0.2, 0.25) is 0 Å². The quantitative estimate of drug-likeness (QED) is 0.581. The van der Waals surface area contributed by atoms with Gasteiger partial charge >= 0.3 is 0 Å². The molecule has 0 aromatic carbocycles. The minimum Gasteiger partial charge on any atom is -0.396 e. The van der Waals surface area contributed by atoms with E-state index in [1.54, 1.807) is 7.11 Å². The van der Waals surface area contributed by atoms with Gasteiger partial charge < -0.3 is 14.6 Å². The molecule has 0 spiro atoms. The zero-order valence-corrected chi connectivity index (χ0v) is 6.83. The highest BCUT2D eigenvalue weighted by atomic mass is 16.7. The summed E-state index contributed by atoms with van der Waals surface area (Å²) in [6.07, 6.45) is 0.0601. The molecule has 0 unspecified atom stereocenters. The SMILES string of the molecule is COCO[C@@H](C)[C@H](C)CO. The summed E-state index contributed by atoms with van der Waals surface area (Å²) in [6.45, 7) is 4.30. The summed E-state index contributed by atoms with van der Waals surface area (Å²) in [4.78, 5) is 0. The Morgan fingerprint density at radius 1 is 1.40 bits per heavy atom. The molecule has 0 aliphatic rings. The van der Waals surface area contributed by atoms with E-state index in [0.29, 0.717) is 6.79 Å². The lowest BCUT2D eigenvalue weighted by Crippen LogP contribution is -2.21. The van der Waals surface area contributed by atoms with E-state index in [1.807, 2.05) is 13.8 Å². The molecular formula is C7H16O3. The summed E-state index contributed by atoms with van der Waals surface area (Å²) in [7, 11) is 1.58. The molecule has 0 amide bonds. The highest BCUT2D eigenvalue weighted by molar-refractivity contribution is 4.57. The third-order valence-corrected chi connectivity index (χ3v) is 1.54. The van der Waals surface area contributed by atoms with E-state index >= 15 is 0 Å². The smallest absolute Gasteiger partial charge is 0.146 e. The second-order valence-electron chi connectivity index (χ2n) is 2.44. The molecule has 1 N–H and O–H groups in total. The molecule has 0 bridgehead atoms. The zero-order valence-electron chi connectivity index (χ0n) is 6.83. The summed E-state index contributed by atoms with van der Waals surface area (Å²) in [5.41, 5.74) is 0. The topological polar surface area (TPSA) is 38.7 Å². The highest BCUT2D eigenvalue weighted by Crippen LogP contribution is 2.04. The fourth-order valence-electron chi connectivity index (χ4n) is 0.488. The molecule has 0 aromatic rings. The molecule has 2 atom stereocenters. The average Bonchev–Trinajstić information content (AvgIpc) is 1.98. The zero-order chi connectivity index (χ0) is 7.98. The Balaban J connectivity index is 3.31. The van der Waals surface area contributed by atoms with E-state index in [1.165, 1.54) is 0 Å². The summed E-state index contributed by atoms with van der Waals surface area (Å²) in [5, 5.41) is 8.68. The molecule has 0 rings (SSSR count). The lowest BCUT2D eigenvalue weighted by molar-refractivity contribution is -0.0874. The molecule has 0 saturated heterocycles. The molecule has 0 aliphatic carbocycles. The first-order valence-electron chi connectivity index (χ1n) is 3.43. The van der Waals surface area contributed by atoms with Crippen LogP contribution in [0.5, 0.6) is 0 Å². The van der Waals surface area contributed by atoms with Gasteiger partial charge in [-0.15, -0.1) is 0 Å². The number of aliphatic hydroxyl groups excluding tert-OH is 1. The van der Waals surface area contributed by atoms with Crippen LogP contribution in [0.15, 0.2) is 0 Å². The summed E-state index contributed by atoms with van der Waals surface area (Å²) >= 11 is 0. The first-order chi connectivity index (χ1) is 4.72. The van der Waals surface area contributed by atoms with Crippen molar-refractivity contribution in [3.63, 3.8) is 0 Å². The molecule has 0 fully saturated rings. The van der Waals surface area contributed by atoms with Crippen LogP contribution in [0.1, 0.15) is 13.8 Å². The van der Waals surface area contributed by atoms with Crippen molar-refractivity contribution >= 4 is 0 Å². The van der Waals surface area contributed by atoms with Crippen molar-refractivity contribution in [3.05, 3.63) is 0 Å². The summed E-state index contributed by atoms with van der Waals surface area (Å²) in [6, 6.07) is 0. The maximum atomic E-state index is 8.68. The van der Waals surface area contributed by atoms with Gasteiger partial charge in [0, 0.05) is 19.6 Å². The van der Waals surface area contributed by atoms with Gasteiger partial charge in [0.25, 0.3) is 0 Å². The maximum absolute atomic E-state index is 8.68. The normalized spacial score (nSPS) is 16.8. The van der Waals surface area contributed by atoms with Gasteiger partial charge in [0.2, 0.25) is 0 Å². The van der Waals surface area contributed by atoms with Crippen molar-refractivity contribution in [1.82, 2.24) is 0 Å². The van der Waals surface area contributed by atoms with Crippen LogP contribution in [-0.4, -0.2) is 31.7 Å². The second kappa shape index (κ2) is 5.65. The Bertz CT molecular complexity index is 75.3. The molecule has 3 nitrogen and oxygen atoms in total. The molecule has 0 aliphatic heterocycles. The van der Waals surface area contributed by atoms with Gasteiger partial charge in [-0.05, 0) is 6.92 Å². The molecule has 62 valence electrons. The lowest BCUT2D eigenvalue weighted by Gasteiger charge is -2.17. The molecular weight excluding hydrogens is 132 g/mol.